The number of hydrogen-bond acceptors (Lipinski definition) is 5. The van der Waals surface area contributed by atoms with E-state index in [2.05, 4.69) is 11.6 Å². The van der Waals surface area contributed by atoms with Crippen LogP contribution in [0, 0.1) is 16.6 Å². The molecule has 7 heteroatoms. The van der Waals surface area contributed by atoms with Crippen molar-refractivity contribution in [3.8, 4) is 0 Å². The molecule has 0 saturated heterocycles. The van der Waals surface area contributed by atoms with Gasteiger partial charge in [-0.1, -0.05) is 25.6 Å². The van der Waals surface area contributed by atoms with Crippen molar-refractivity contribution >= 4 is 17.6 Å². The zero-order valence-corrected chi connectivity index (χ0v) is 16.4. The average Bonchev–Trinajstić information content (AvgIpc) is 2.71. The van der Waals surface area contributed by atoms with Gasteiger partial charge < -0.3 is 4.74 Å². The number of benzene rings is 1. The van der Waals surface area contributed by atoms with Crippen LogP contribution in [0.1, 0.15) is 47.4 Å². The Hall–Kier alpha value is -3.22. The number of halogens is 2. The van der Waals surface area contributed by atoms with E-state index >= 15 is 0 Å². The molecule has 0 spiro atoms. The summed E-state index contributed by atoms with van der Waals surface area (Å²) in [5.74, 6) is -1.77. The molecule has 0 aliphatic rings. The third kappa shape index (κ3) is 5.88. The third-order valence-electron chi connectivity index (χ3n) is 4.34. The smallest absolute Gasteiger partial charge is 0.223 e. The van der Waals surface area contributed by atoms with Crippen LogP contribution in [0.2, 0.25) is 0 Å². The van der Waals surface area contributed by atoms with Gasteiger partial charge in [-0.05, 0) is 55.5 Å². The molecular weight excluding hydrogens is 376 g/mol. The summed E-state index contributed by atoms with van der Waals surface area (Å²) in [6.45, 7) is 6.85. The lowest BCUT2D eigenvalue weighted by molar-refractivity contribution is 0.103. The van der Waals surface area contributed by atoms with Crippen molar-refractivity contribution in [3.05, 3.63) is 76.9 Å². The Morgan fingerprint density at radius 3 is 2.52 bits per heavy atom. The van der Waals surface area contributed by atoms with E-state index in [-0.39, 0.29) is 17.2 Å². The van der Waals surface area contributed by atoms with E-state index in [1.165, 1.54) is 24.4 Å². The van der Waals surface area contributed by atoms with Crippen LogP contribution >= 0.6 is 0 Å². The zero-order valence-electron chi connectivity index (χ0n) is 16.4. The number of nitrogens with one attached hydrogen (secondary N) is 2. The van der Waals surface area contributed by atoms with Crippen LogP contribution in [0.25, 0.3) is 0 Å². The average molecular weight is 399 g/mol. The minimum atomic E-state index is -1.65. The maximum Gasteiger partial charge on any atom is 0.223 e. The number of hydrogen-bond donors (Lipinski definition) is 2. The highest BCUT2D eigenvalue weighted by molar-refractivity contribution is 6.10. The van der Waals surface area contributed by atoms with Crippen LogP contribution in [0.4, 0.5) is 8.78 Å². The minimum absolute atomic E-state index is 0.169. The number of carbonyl (C=O) groups excluding carboxylic acids is 1. The van der Waals surface area contributed by atoms with Crippen molar-refractivity contribution in [1.29, 1.82) is 10.8 Å². The second-order valence-electron chi connectivity index (χ2n) is 6.54. The van der Waals surface area contributed by atoms with E-state index in [0.717, 1.165) is 12.5 Å². The molecule has 0 bridgehead atoms. The lowest BCUT2D eigenvalue weighted by Gasteiger charge is -2.12. The SMILES string of the molecule is C=C(CCc1ccc(F)cc1)C(=O)c1cc(C(=N)OC(=N)C(C)F)cnc1CC. The van der Waals surface area contributed by atoms with Gasteiger partial charge in [0.15, 0.2) is 12.0 Å². The van der Waals surface area contributed by atoms with Gasteiger partial charge in [0.1, 0.15) is 5.82 Å². The molecule has 1 heterocycles. The summed E-state index contributed by atoms with van der Waals surface area (Å²) >= 11 is 0. The fourth-order valence-electron chi connectivity index (χ4n) is 2.60. The number of aromatic nitrogens is 1. The Labute approximate surface area is 168 Å². The molecule has 2 aromatic rings. The van der Waals surface area contributed by atoms with Crippen molar-refractivity contribution in [1.82, 2.24) is 4.98 Å². The highest BCUT2D eigenvalue weighted by atomic mass is 19.1. The molecule has 0 fully saturated rings. The van der Waals surface area contributed by atoms with Crippen LogP contribution in [-0.2, 0) is 17.6 Å². The number of carbonyl (C=O) groups is 1. The summed E-state index contributed by atoms with van der Waals surface area (Å²) in [5.41, 5.74) is 2.26. The highest BCUT2D eigenvalue weighted by Crippen LogP contribution is 2.19. The Morgan fingerprint density at radius 1 is 1.28 bits per heavy atom. The third-order valence-corrected chi connectivity index (χ3v) is 4.34. The maximum atomic E-state index is 13.1. The summed E-state index contributed by atoms with van der Waals surface area (Å²) in [6.07, 6.45) is 1.12. The largest absolute Gasteiger partial charge is 0.422 e. The number of ether oxygens (including phenoxy) is 1. The maximum absolute atomic E-state index is 13.1. The number of nitrogens with zero attached hydrogens (tertiary/aromatic N) is 1. The van der Waals surface area contributed by atoms with E-state index in [0.29, 0.717) is 36.1 Å². The van der Waals surface area contributed by atoms with E-state index < -0.39 is 18.0 Å². The van der Waals surface area contributed by atoms with Crippen LogP contribution in [0.3, 0.4) is 0 Å². The van der Waals surface area contributed by atoms with Crippen LogP contribution in [0.15, 0.2) is 48.7 Å². The molecule has 29 heavy (non-hydrogen) atoms. The molecular formula is C22H23F2N3O2. The lowest BCUT2D eigenvalue weighted by atomic mass is 9.96. The molecule has 0 saturated carbocycles. The molecule has 0 amide bonds. The zero-order chi connectivity index (χ0) is 21.6. The lowest BCUT2D eigenvalue weighted by Crippen LogP contribution is -2.20. The Kier molecular flexibility index (Phi) is 7.47. The summed E-state index contributed by atoms with van der Waals surface area (Å²) in [6, 6.07) is 7.50. The molecule has 1 atom stereocenters. The summed E-state index contributed by atoms with van der Waals surface area (Å²) in [7, 11) is 0. The van der Waals surface area contributed by atoms with Crippen LogP contribution < -0.4 is 0 Å². The van der Waals surface area contributed by atoms with E-state index in [1.807, 2.05) is 6.92 Å². The predicted octanol–water partition coefficient (Wildman–Crippen LogP) is 4.83. The van der Waals surface area contributed by atoms with Gasteiger partial charge in [0.05, 0.1) is 11.3 Å². The Morgan fingerprint density at radius 2 is 1.93 bits per heavy atom. The van der Waals surface area contributed by atoms with E-state index in [9.17, 15) is 13.6 Å². The first-order valence-electron chi connectivity index (χ1n) is 9.18. The first-order valence-corrected chi connectivity index (χ1v) is 9.18. The molecule has 2 rings (SSSR count). The van der Waals surface area contributed by atoms with Gasteiger partial charge in [0.2, 0.25) is 11.8 Å². The second kappa shape index (κ2) is 9.82. The fourth-order valence-corrected chi connectivity index (χ4v) is 2.60. The first kappa shape index (κ1) is 22.1. The number of ketones is 1. The van der Waals surface area contributed by atoms with Gasteiger partial charge in [-0.2, -0.15) is 0 Å². The van der Waals surface area contributed by atoms with Gasteiger partial charge in [0.25, 0.3) is 0 Å². The summed E-state index contributed by atoms with van der Waals surface area (Å²) < 4.78 is 31.0. The monoisotopic (exact) mass is 399 g/mol. The van der Waals surface area contributed by atoms with Crippen molar-refractivity contribution < 1.29 is 18.3 Å². The molecule has 5 nitrogen and oxygen atoms in total. The Bertz CT molecular complexity index is 938. The topological polar surface area (TPSA) is 86.9 Å². The van der Waals surface area contributed by atoms with Crippen LogP contribution in [-0.4, -0.2) is 28.7 Å². The summed E-state index contributed by atoms with van der Waals surface area (Å²) in [4.78, 5) is 17.1. The van der Waals surface area contributed by atoms with Gasteiger partial charge in [-0.3, -0.25) is 20.6 Å². The number of Topliss-reactive ketones (excluding diaryl/α,β-unsaturated/α-hetero) is 1. The van der Waals surface area contributed by atoms with Crippen molar-refractivity contribution in [2.75, 3.05) is 0 Å². The second-order valence-corrected chi connectivity index (χ2v) is 6.54. The van der Waals surface area contributed by atoms with Crippen molar-refractivity contribution in [3.63, 3.8) is 0 Å². The van der Waals surface area contributed by atoms with Gasteiger partial charge >= 0.3 is 0 Å². The number of alkyl halides is 1. The quantitative estimate of drug-likeness (QED) is 0.288. The van der Waals surface area contributed by atoms with Crippen molar-refractivity contribution in [2.24, 2.45) is 0 Å². The summed E-state index contributed by atoms with van der Waals surface area (Å²) in [5, 5.41) is 15.3. The number of aryl methyl sites for hydroxylation is 2. The molecule has 0 aliphatic heterocycles. The standard InChI is InChI=1S/C22H23F2N3O2/c1-4-19-18(11-16(12-27-19)22(26)29-21(25)14(3)23)20(28)13(2)5-6-15-7-9-17(24)10-8-15/h7-12,14,25-26H,2,4-6H2,1,3H3. The molecule has 152 valence electrons. The molecule has 2 N–H and O–H groups in total. The normalized spacial score (nSPS) is 11.6. The van der Waals surface area contributed by atoms with Crippen molar-refractivity contribution in [2.45, 2.75) is 39.3 Å². The predicted molar refractivity (Wildman–Crippen MR) is 108 cm³/mol. The molecule has 1 unspecified atom stereocenters. The number of pyridine rings is 1. The van der Waals surface area contributed by atoms with Gasteiger partial charge in [-0.25, -0.2) is 8.78 Å². The fraction of sp³-hybridized carbons (Fsp3) is 0.273. The molecule has 1 aromatic carbocycles. The number of allylic oxidation sites excluding steroid dienone is 1. The Balaban J connectivity index is 2.16. The van der Waals surface area contributed by atoms with E-state index in [4.69, 9.17) is 15.6 Å². The van der Waals surface area contributed by atoms with Gasteiger partial charge in [0, 0.05) is 11.8 Å². The highest BCUT2D eigenvalue weighted by Gasteiger charge is 2.19. The molecule has 0 radical (unpaired) electrons. The van der Waals surface area contributed by atoms with Gasteiger partial charge in [-0.15, -0.1) is 0 Å². The number of rotatable bonds is 8. The van der Waals surface area contributed by atoms with E-state index in [1.54, 1.807) is 12.1 Å². The molecule has 0 aliphatic carbocycles. The minimum Gasteiger partial charge on any atom is -0.422 e. The first-order chi connectivity index (χ1) is 13.7. The molecule has 1 aromatic heterocycles. The van der Waals surface area contributed by atoms with Crippen LogP contribution in [0.5, 0.6) is 0 Å².